The molecule has 240 valence electrons. The molecule has 2 heterocycles. The van der Waals surface area contributed by atoms with Gasteiger partial charge in [-0.3, -0.25) is 33.8 Å². The highest BCUT2D eigenvalue weighted by atomic mass is 35.5. The average Bonchev–Trinajstić information content (AvgIpc) is 3.43. The number of ketones is 1. The molecule has 2 aliphatic carbocycles. The lowest BCUT2D eigenvalue weighted by Gasteiger charge is -2.51. The average molecular weight is 680 g/mol. The number of hydrogen-bond donors (Lipinski definition) is 1. The van der Waals surface area contributed by atoms with Gasteiger partial charge in [0.1, 0.15) is 5.75 Å². The summed E-state index contributed by atoms with van der Waals surface area (Å²) in [7, 11) is 1.35. The van der Waals surface area contributed by atoms with Crippen LogP contribution < -0.4 is 4.90 Å². The Morgan fingerprint density at radius 1 is 0.771 bits per heavy atom. The summed E-state index contributed by atoms with van der Waals surface area (Å²) in [5.74, 6) is -5.49. The number of anilines is 1. The lowest BCUT2D eigenvalue weighted by Crippen LogP contribution is -2.60. The van der Waals surface area contributed by atoms with Crippen LogP contribution in [0.25, 0.3) is 10.8 Å². The van der Waals surface area contributed by atoms with E-state index in [1.54, 1.807) is 78.9 Å². The summed E-state index contributed by atoms with van der Waals surface area (Å²) >= 11 is 14.7. The van der Waals surface area contributed by atoms with Crippen LogP contribution >= 0.6 is 23.2 Å². The molecule has 0 aromatic heterocycles. The third-order valence-corrected chi connectivity index (χ3v) is 12.1. The van der Waals surface area contributed by atoms with Crippen molar-refractivity contribution in [2.45, 2.75) is 28.5 Å². The number of alkyl halides is 2. The van der Waals surface area contributed by atoms with E-state index in [1.165, 1.54) is 13.1 Å². The molecule has 3 fully saturated rings. The van der Waals surface area contributed by atoms with Gasteiger partial charge in [-0.25, -0.2) is 0 Å². The van der Waals surface area contributed by atoms with Gasteiger partial charge in [-0.2, -0.15) is 0 Å². The van der Waals surface area contributed by atoms with Gasteiger partial charge in [0.2, 0.25) is 11.8 Å². The molecule has 4 aromatic rings. The Bertz CT molecular complexity index is 2130. The van der Waals surface area contributed by atoms with Crippen LogP contribution in [0.1, 0.15) is 40.2 Å². The third-order valence-electron chi connectivity index (χ3n) is 10.7. The molecular weight excluding hydrogens is 651 g/mol. The number of phenolic OH excluding ortho intramolecular Hbond substituents is 1. The van der Waals surface area contributed by atoms with E-state index in [2.05, 4.69) is 0 Å². The monoisotopic (exact) mass is 678 g/mol. The Hall–Kier alpha value is -4.79. The van der Waals surface area contributed by atoms with Crippen LogP contribution in [0.2, 0.25) is 0 Å². The molecule has 1 saturated carbocycles. The molecule has 10 heteroatoms. The first-order valence-electron chi connectivity index (χ1n) is 15.7. The fourth-order valence-corrected chi connectivity index (χ4v) is 9.43. The minimum atomic E-state index is -1.93. The van der Waals surface area contributed by atoms with E-state index < -0.39 is 51.1 Å². The van der Waals surface area contributed by atoms with Gasteiger partial charge in [0.25, 0.3) is 11.8 Å². The number of carbonyl (C=O) groups is 5. The van der Waals surface area contributed by atoms with Gasteiger partial charge in [0, 0.05) is 29.5 Å². The number of carbonyl (C=O) groups excluding carboxylic acids is 5. The molecule has 48 heavy (non-hydrogen) atoms. The number of nitrogens with zero attached hydrogens (tertiary/aromatic N) is 2. The van der Waals surface area contributed by atoms with E-state index >= 15 is 0 Å². The Morgan fingerprint density at radius 3 is 2.12 bits per heavy atom. The molecule has 4 amide bonds. The number of halogens is 2. The van der Waals surface area contributed by atoms with Crippen LogP contribution in [0.3, 0.4) is 0 Å². The Kier molecular flexibility index (Phi) is 6.75. The van der Waals surface area contributed by atoms with Gasteiger partial charge in [-0.05, 0) is 60.0 Å². The number of aromatic hydroxyl groups is 1. The van der Waals surface area contributed by atoms with Crippen molar-refractivity contribution in [1.82, 2.24) is 4.90 Å². The highest BCUT2D eigenvalue weighted by molar-refractivity contribution is 6.53. The number of hydrogen-bond acceptors (Lipinski definition) is 6. The molecule has 0 radical (unpaired) electrons. The summed E-state index contributed by atoms with van der Waals surface area (Å²) in [5.41, 5.74) is 2.52. The lowest BCUT2D eigenvalue weighted by molar-refractivity contribution is -0.138. The Labute approximate surface area is 285 Å². The molecule has 4 aliphatic rings. The molecule has 8 rings (SSSR count). The molecule has 6 unspecified atom stereocenters. The number of fused-ring (bicyclic) bond motifs is 5. The summed E-state index contributed by atoms with van der Waals surface area (Å²) in [6, 6.07) is 25.5. The van der Waals surface area contributed by atoms with Gasteiger partial charge in [0.05, 0.1) is 17.5 Å². The first kappa shape index (κ1) is 30.5. The molecule has 0 spiro atoms. The summed E-state index contributed by atoms with van der Waals surface area (Å²) in [4.78, 5) is 67.3. The number of likely N-dealkylation sites (tertiary alicyclic amines) is 1. The maximum atomic E-state index is 14.4. The van der Waals surface area contributed by atoms with Gasteiger partial charge in [0.15, 0.2) is 15.5 Å². The smallest absolute Gasteiger partial charge is 0.253 e. The zero-order chi connectivity index (χ0) is 33.7. The van der Waals surface area contributed by atoms with Crippen LogP contribution in [0.15, 0.2) is 103 Å². The summed E-state index contributed by atoms with van der Waals surface area (Å²) in [6.07, 6.45) is 1.98. The second-order valence-electron chi connectivity index (χ2n) is 13.0. The maximum Gasteiger partial charge on any atom is 0.253 e. The number of allylic oxidation sites excluding steroid dienone is 2. The van der Waals surface area contributed by atoms with Crippen molar-refractivity contribution in [3.8, 4) is 5.75 Å². The van der Waals surface area contributed by atoms with Gasteiger partial charge < -0.3 is 5.11 Å². The molecule has 2 aliphatic heterocycles. The number of benzene rings is 4. The van der Waals surface area contributed by atoms with Crippen LogP contribution in [0.4, 0.5) is 5.69 Å². The summed E-state index contributed by atoms with van der Waals surface area (Å²) in [6.45, 7) is 0. The highest BCUT2D eigenvalue weighted by Crippen LogP contribution is 2.66. The zero-order valence-corrected chi connectivity index (χ0v) is 27.1. The molecule has 2 saturated heterocycles. The second kappa shape index (κ2) is 10.6. The molecule has 1 N–H and O–H groups in total. The SMILES string of the molecule is CN1C(=O)C2(Cl)CC3C(=CCC4C(=O)N(c5ccc(C(=O)c6ccccc6)cc5)C(=O)C43)C(c3ccc(O)c4ccccc34)C2(Cl)C1=O. The topological polar surface area (TPSA) is 112 Å². The van der Waals surface area contributed by atoms with Crippen molar-refractivity contribution in [2.75, 3.05) is 11.9 Å². The maximum absolute atomic E-state index is 14.4. The number of rotatable bonds is 4. The van der Waals surface area contributed by atoms with Crippen LogP contribution in [-0.2, 0) is 19.2 Å². The predicted octanol–water partition coefficient (Wildman–Crippen LogP) is 5.97. The van der Waals surface area contributed by atoms with E-state index in [0.717, 1.165) is 9.80 Å². The van der Waals surface area contributed by atoms with E-state index in [4.69, 9.17) is 23.2 Å². The fraction of sp³-hybridized carbons (Fsp3) is 0.237. The Balaban J connectivity index is 1.22. The van der Waals surface area contributed by atoms with Crippen molar-refractivity contribution >= 4 is 69.1 Å². The van der Waals surface area contributed by atoms with Gasteiger partial charge in [-0.15, -0.1) is 23.2 Å². The lowest BCUT2D eigenvalue weighted by atomic mass is 9.56. The Morgan fingerprint density at radius 2 is 1.42 bits per heavy atom. The van der Waals surface area contributed by atoms with E-state index in [1.807, 2.05) is 12.1 Å². The summed E-state index contributed by atoms with van der Waals surface area (Å²) in [5, 5.41) is 11.8. The molecular formula is C38H28Cl2N2O6. The molecule has 4 aromatic carbocycles. The minimum absolute atomic E-state index is 0.0368. The van der Waals surface area contributed by atoms with Crippen LogP contribution in [0.5, 0.6) is 5.75 Å². The zero-order valence-electron chi connectivity index (χ0n) is 25.6. The van der Waals surface area contributed by atoms with Crippen LogP contribution in [-0.4, -0.2) is 56.2 Å². The van der Waals surface area contributed by atoms with Crippen molar-refractivity contribution < 1.29 is 29.1 Å². The van der Waals surface area contributed by atoms with Crippen molar-refractivity contribution in [1.29, 1.82) is 0 Å². The van der Waals surface area contributed by atoms with Gasteiger partial charge >= 0.3 is 0 Å². The fourth-order valence-electron chi connectivity index (χ4n) is 8.42. The molecule has 8 nitrogen and oxygen atoms in total. The number of phenols is 1. The number of amides is 4. The predicted molar refractivity (Wildman–Crippen MR) is 180 cm³/mol. The largest absolute Gasteiger partial charge is 0.507 e. The highest BCUT2D eigenvalue weighted by Gasteiger charge is 2.76. The molecule has 0 bridgehead atoms. The number of imide groups is 2. The normalized spacial score (nSPS) is 29.5. The van der Waals surface area contributed by atoms with E-state index in [0.29, 0.717) is 38.7 Å². The first-order chi connectivity index (χ1) is 23.0. The van der Waals surface area contributed by atoms with E-state index in [-0.39, 0.29) is 30.3 Å². The quantitative estimate of drug-likeness (QED) is 0.123. The first-order valence-corrected chi connectivity index (χ1v) is 16.4. The van der Waals surface area contributed by atoms with Crippen LogP contribution in [0, 0.1) is 17.8 Å². The second-order valence-corrected chi connectivity index (χ2v) is 14.2. The van der Waals surface area contributed by atoms with Crippen molar-refractivity contribution in [2.24, 2.45) is 17.8 Å². The van der Waals surface area contributed by atoms with Crippen molar-refractivity contribution in [3.05, 3.63) is 119 Å². The molecule has 6 atom stereocenters. The standard InChI is InChI=1S/C38H28Cl2N2O6/c1-41-35(47)37(39)19-28-26(31(38(37,40)36(41)48)25-17-18-29(43)24-10-6-5-9-23(24)25)15-16-27-30(28)34(46)42(33(27)45)22-13-11-21(12-14-22)32(44)20-7-3-2-4-8-20/h2-15,17-18,27-28,30-31,43H,16,19H2,1H3. The van der Waals surface area contributed by atoms with Gasteiger partial charge in [-0.1, -0.05) is 72.3 Å². The van der Waals surface area contributed by atoms with Crippen molar-refractivity contribution in [3.63, 3.8) is 0 Å². The van der Waals surface area contributed by atoms with E-state index in [9.17, 15) is 29.1 Å². The minimum Gasteiger partial charge on any atom is -0.507 e. The third kappa shape index (κ3) is 3.93. The summed E-state index contributed by atoms with van der Waals surface area (Å²) < 4.78 is 0.